The van der Waals surface area contributed by atoms with E-state index < -0.39 is 0 Å². The second-order valence-corrected chi connectivity index (χ2v) is 5.65. The maximum Gasteiger partial charge on any atom is 0.224 e. The van der Waals surface area contributed by atoms with Crippen molar-refractivity contribution in [3.63, 3.8) is 0 Å². The van der Waals surface area contributed by atoms with Gasteiger partial charge in [0.05, 0.1) is 18.7 Å². The van der Waals surface area contributed by atoms with Crippen molar-refractivity contribution in [1.29, 1.82) is 0 Å². The molecule has 0 atom stereocenters. The number of anilines is 1. The van der Waals surface area contributed by atoms with Gasteiger partial charge in [-0.05, 0) is 48.9 Å². The molecule has 0 saturated heterocycles. The predicted molar refractivity (Wildman–Crippen MR) is 92.8 cm³/mol. The highest BCUT2D eigenvalue weighted by Gasteiger charge is 2.06. The van der Waals surface area contributed by atoms with Crippen molar-refractivity contribution in [3.8, 4) is 11.5 Å². The number of nitrogens with one attached hydrogen (secondary N) is 1. The highest BCUT2D eigenvalue weighted by molar-refractivity contribution is 6.32. The maximum atomic E-state index is 11.9. The molecule has 4 nitrogen and oxygen atoms in total. The Hall–Kier alpha value is -1.91. The van der Waals surface area contributed by atoms with E-state index in [1.807, 2.05) is 0 Å². The molecule has 0 aromatic heterocycles. The molecule has 0 saturated carbocycles. The Bertz CT molecular complexity index is 659. The van der Waals surface area contributed by atoms with Crippen molar-refractivity contribution < 1.29 is 14.3 Å². The van der Waals surface area contributed by atoms with Crippen LogP contribution in [0, 0.1) is 0 Å². The summed E-state index contributed by atoms with van der Waals surface area (Å²) in [6.07, 6.45) is 0.968. The number of amides is 1. The molecule has 0 bridgehead atoms. The van der Waals surface area contributed by atoms with Crippen LogP contribution in [0.4, 0.5) is 5.69 Å². The fourth-order valence-electron chi connectivity index (χ4n) is 1.92. The largest absolute Gasteiger partial charge is 0.495 e. The van der Waals surface area contributed by atoms with Gasteiger partial charge in [0, 0.05) is 17.1 Å². The van der Waals surface area contributed by atoms with Crippen LogP contribution >= 0.6 is 23.2 Å². The average molecular weight is 354 g/mol. The number of halogens is 2. The first kappa shape index (κ1) is 17.4. The molecule has 0 fully saturated rings. The van der Waals surface area contributed by atoms with E-state index in [0.29, 0.717) is 40.9 Å². The van der Waals surface area contributed by atoms with Gasteiger partial charge in [0.1, 0.15) is 11.5 Å². The number of benzene rings is 2. The number of hydrogen-bond acceptors (Lipinski definition) is 3. The lowest BCUT2D eigenvalue weighted by Crippen LogP contribution is -2.12. The number of carbonyl (C=O) groups excluding carboxylic acids is 1. The Labute approximate surface area is 145 Å². The number of methoxy groups -OCH3 is 1. The Balaban J connectivity index is 1.72. The van der Waals surface area contributed by atoms with Crippen molar-refractivity contribution in [3.05, 3.63) is 52.5 Å². The van der Waals surface area contributed by atoms with Crippen LogP contribution in [0.25, 0.3) is 0 Å². The van der Waals surface area contributed by atoms with E-state index in [1.54, 1.807) is 49.6 Å². The van der Waals surface area contributed by atoms with Gasteiger partial charge in [-0.25, -0.2) is 0 Å². The first-order valence-corrected chi connectivity index (χ1v) is 7.86. The quantitative estimate of drug-likeness (QED) is 0.727. The van der Waals surface area contributed by atoms with Crippen LogP contribution in [0.5, 0.6) is 11.5 Å². The van der Waals surface area contributed by atoms with Gasteiger partial charge in [0.25, 0.3) is 0 Å². The smallest absolute Gasteiger partial charge is 0.224 e. The summed E-state index contributed by atoms with van der Waals surface area (Å²) in [5.74, 6) is 1.21. The molecule has 0 aliphatic carbocycles. The van der Waals surface area contributed by atoms with Gasteiger partial charge in [-0.2, -0.15) is 0 Å². The zero-order valence-electron chi connectivity index (χ0n) is 12.6. The minimum absolute atomic E-state index is 0.0917. The minimum Gasteiger partial charge on any atom is -0.495 e. The summed E-state index contributed by atoms with van der Waals surface area (Å²) in [5, 5.41) is 3.91. The van der Waals surface area contributed by atoms with E-state index in [2.05, 4.69) is 5.32 Å². The van der Waals surface area contributed by atoms with E-state index in [0.717, 1.165) is 5.75 Å². The predicted octanol–water partition coefficient (Wildman–Crippen LogP) is 4.80. The standard InChI is InChI=1S/C17H17Cl2NO3/c1-22-16-9-6-13(11-15(16)19)20-17(21)3-2-10-23-14-7-4-12(18)5-8-14/h4-9,11H,2-3,10H2,1H3,(H,20,21). The summed E-state index contributed by atoms with van der Waals surface area (Å²) >= 11 is 11.8. The molecule has 2 aromatic carbocycles. The fraction of sp³-hybridized carbons (Fsp3) is 0.235. The Kier molecular flexibility index (Phi) is 6.56. The summed E-state index contributed by atoms with van der Waals surface area (Å²) in [7, 11) is 1.54. The van der Waals surface area contributed by atoms with E-state index in [9.17, 15) is 4.79 Å². The number of rotatable bonds is 7. The SMILES string of the molecule is COc1ccc(NC(=O)CCCOc2ccc(Cl)cc2)cc1Cl. The highest BCUT2D eigenvalue weighted by Crippen LogP contribution is 2.27. The molecule has 0 heterocycles. The van der Waals surface area contributed by atoms with Gasteiger partial charge in [-0.15, -0.1) is 0 Å². The molecule has 0 spiro atoms. The van der Waals surface area contributed by atoms with Gasteiger partial charge in [-0.1, -0.05) is 23.2 Å². The van der Waals surface area contributed by atoms with Crippen LogP contribution in [0.2, 0.25) is 10.0 Å². The molecule has 0 aliphatic rings. The van der Waals surface area contributed by atoms with Gasteiger partial charge in [0.2, 0.25) is 5.91 Å². The molecular weight excluding hydrogens is 337 g/mol. The zero-order valence-corrected chi connectivity index (χ0v) is 14.2. The lowest BCUT2D eigenvalue weighted by atomic mass is 10.2. The van der Waals surface area contributed by atoms with Crippen molar-refractivity contribution in [2.45, 2.75) is 12.8 Å². The lowest BCUT2D eigenvalue weighted by Gasteiger charge is -2.09. The maximum absolute atomic E-state index is 11.9. The minimum atomic E-state index is -0.0917. The van der Waals surface area contributed by atoms with Crippen molar-refractivity contribution in [1.82, 2.24) is 0 Å². The molecule has 2 aromatic rings. The summed E-state index contributed by atoms with van der Waals surface area (Å²) in [6.45, 7) is 0.457. The molecular formula is C17H17Cl2NO3. The normalized spacial score (nSPS) is 10.2. The second kappa shape index (κ2) is 8.65. The molecule has 1 N–H and O–H groups in total. The van der Waals surface area contributed by atoms with Gasteiger partial charge in [0.15, 0.2) is 0 Å². The van der Waals surface area contributed by atoms with E-state index in [1.165, 1.54) is 0 Å². The first-order valence-electron chi connectivity index (χ1n) is 7.10. The van der Waals surface area contributed by atoms with Crippen LogP contribution in [0.3, 0.4) is 0 Å². The molecule has 0 aliphatic heterocycles. The first-order chi connectivity index (χ1) is 11.1. The number of ether oxygens (including phenoxy) is 2. The third-order valence-electron chi connectivity index (χ3n) is 3.07. The van der Waals surface area contributed by atoms with E-state index >= 15 is 0 Å². The molecule has 122 valence electrons. The van der Waals surface area contributed by atoms with Gasteiger partial charge >= 0.3 is 0 Å². The molecule has 23 heavy (non-hydrogen) atoms. The van der Waals surface area contributed by atoms with Crippen molar-refractivity contribution in [2.75, 3.05) is 19.0 Å². The topological polar surface area (TPSA) is 47.6 Å². The van der Waals surface area contributed by atoms with Gasteiger partial charge < -0.3 is 14.8 Å². The monoisotopic (exact) mass is 353 g/mol. The van der Waals surface area contributed by atoms with Crippen LogP contribution in [0.15, 0.2) is 42.5 Å². The van der Waals surface area contributed by atoms with Crippen molar-refractivity contribution in [2.24, 2.45) is 0 Å². The highest BCUT2D eigenvalue weighted by atomic mass is 35.5. The summed E-state index contributed by atoms with van der Waals surface area (Å²) < 4.78 is 10.6. The summed E-state index contributed by atoms with van der Waals surface area (Å²) in [4.78, 5) is 11.9. The van der Waals surface area contributed by atoms with E-state index in [4.69, 9.17) is 32.7 Å². The number of hydrogen-bond donors (Lipinski definition) is 1. The Morgan fingerprint density at radius 3 is 2.52 bits per heavy atom. The Morgan fingerprint density at radius 2 is 1.87 bits per heavy atom. The van der Waals surface area contributed by atoms with Crippen LogP contribution in [-0.4, -0.2) is 19.6 Å². The number of carbonyl (C=O) groups is 1. The molecule has 6 heteroatoms. The zero-order chi connectivity index (χ0) is 16.7. The summed E-state index contributed by atoms with van der Waals surface area (Å²) in [5.41, 5.74) is 0.638. The van der Waals surface area contributed by atoms with Crippen molar-refractivity contribution >= 4 is 34.8 Å². The van der Waals surface area contributed by atoms with Gasteiger partial charge in [-0.3, -0.25) is 4.79 Å². The Morgan fingerprint density at radius 1 is 1.13 bits per heavy atom. The summed E-state index contributed by atoms with van der Waals surface area (Å²) in [6, 6.07) is 12.2. The van der Waals surface area contributed by atoms with Crippen LogP contribution < -0.4 is 14.8 Å². The second-order valence-electron chi connectivity index (χ2n) is 4.80. The molecule has 1 amide bonds. The fourth-order valence-corrected chi connectivity index (χ4v) is 2.30. The molecule has 0 unspecified atom stereocenters. The molecule has 0 radical (unpaired) electrons. The van der Waals surface area contributed by atoms with Crippen LogP contribution in [0.1, 0.15) is 12.8 Å². The lowest BCUT2D eigenvalue weighted by molar-refractivity contribution is -0.116. The average Bonchev–Trinajstić information content (AvgIpc) is 2.53. The third-order valence-corrected chi connectivity index (χ3v) is 3.61. The van der Waals surface area contributed by atoms with Crippen LogP contribution in [-0.2, 0) is 4.79 Å². The third kappa shape index (κ3) is 5.66. The van der Waals surface area contributed by atoms with E-state index in [-0.39, 0.29) is 5.91 Å². The molecule has 2 rings (SSSR count).